The van der Waals surface area contributed by atoms with Crippen LogP contribution in [0.25, 0.3) is 0 Å². The van der Waals surface area contributed by atoms with Gasteiger partial charge in [0, 0.05) is 0 Å². The molecule has 0 fully saturated rings. The van der Waals surface area contributed by atoms with Gasteiger partial charge in [-0.1, -0.05) is 0 Å². The van der Waals surface area contributed by atoms with E-state index in [4.69, 9.17) is 24.5 Å². The van der Waals surface area contributed by atoms with E-state index in [0.717, 1.165) is 0 Å². The molecule has 0 amide bonds. The van der Waals surface area contributed by atoms with Crippen LogP contribution in [0.15, 0.2) is 16.5 Å². The lowest BCUT2D eigenvalue weighted by molar-refractivity contribution is -0.0451. The number of hydrogen-bond donors (Lipinski definition) is 3. The predicted octanol–water partition coefficient (Wildman–Crippen LogP) is -0.292. The minimum atomic E-state index is -1.22. The first-order valence-electron chi connectivity index (χ1n) is 5.13. The van der Waals surface area contributed by atoms with Gasteiger partial charge < -0.3 is 24.5 Å². The zero-order valence-electron chi connectivity index (χ0n) is 9.55. The maximum absolute atomic E-state index is 11.5. The second-order valence-corrected chi connectivity index (χ2v) is 3.96. The highest BCUT2D eigenvalue weighted by atomic mass is 16.5. The highest BCUT2D eigenvalue weighted by Gasteiger charge is 2.30. The Morgan fingerprint density at radius 1 is 1.29 bits per heavy atom. The molecule has 17 heavy (non-hydrogen) atoms. The molecular formula is C11H16O6. The lowest BCUT2D eigenvalue weighted by atomic mass is 9.93. The predicted molar refractivity (Wildman–Crippen MR) is 57.4 cm³/mol. The molecule has 1 aromatic heterocycles. The number of carbonyl (C=O) groups excluding carboxylic acids is 1. The molecule has 0 radical (unpaired) electrons. The number of aryl methyl sites for hydroxylation is 1. The van der Waals surface area contributed by atoms with E-state index in [-0.39, 0.29) is 12.4 Å². The molecule has 0 aliphatic rings. The summed E-state index contributed by atoms with van der Waals surface area (Å²) in [5.41, 5.74) is -1.22. The van der Waals surface area contributed by atoms with Crippen molar-refractivity contribution in [3.8, 4) is 0 Å². The minimum absolute atomic E-state index is 0.0465. The first kappa shape index (κ1) is 13.7. The fourth-order valence-corrected chi connectivity index (χ4v) is 1.12. The molecule has 0 atom stereocenters. The average molecular weight is 244 g/mol. The van der Waals surface area contributed by atoms with Gasteiger partial charge in [-0.25, -0.2) is 4.79 Å². The van der Waals surface area contributed by atoms with Gasteiger partial charge in [0.05, 0.1) is 25.2 Å². The number of esters is 1. The fraction of sp³-hybridized carbons (Fsp3) is 0.545. The van der Waals surface area contributed by atoms with E-state index < -0.39 is 31.2 Å². The standard InChI is InChI=1S/C11H16O6/c1-8-2-3-9(17-8)10(15)16-7-11(4-12,5-13)6-14/h2-3,12-14H,4-7H2,1H3. The molecule has 1 rings (SSSR count). The fourth-order valence-electron chi connectivity index (χ4n) is 1.12. The molecule has 3 N–H and O–H groups in total. The van der Waals surface area contributed by atoms with Crippen LogP contribution in [0.2, 0.25) is 0 Å². The Morgan fingerprint density at radius 2 is 1.88 bits per heavy atom. The molecule has 0 saturated heterocycles. The third-order valence-corrected chi connectivity index (χ3v) is 2.46. The molecule has 96 valence electrons. The quantitative estimate of drug-likeness (QED) is 0.594. The van der Waals surface area contributed by atoms with Gasteiger partial charge in [0.25, 0.3) is 0 Å². The SMILES string of the molecule is Cc1ccc(C(=O)OCC(CO)(CO)CO)o1. The van der Waals surface area contributed by atoms with E-state index in [9.17, 15) is 4.79 Å². The number of hydrogen-bond acceptors (Lipinski definition) is 6. The van der Waals surface area contributed by atoms with Crippen LogP contribution in [0.3, 0.4) is 0 Å². The first-order chi connectivity index (χ1) is 8.06. The van der Waals surface area contributed by atoms with E-state index in [0.29, 0.717) is 5.76 Å². The number of aliphatic hydroxyl groups is 3. The van der Waals surface area contributed by atoms with Crippen molar-refractivity contribution in [2.24, 2.45) is 5.41 Å². The van der Waals surface area contributed by atoms with Crippen LogP contribution in [0.1, 0.15) is 16.3 Å². The van der Waals surface area contributed by atoms with Gasteiger partial charge in [0.15, 0.2) is 0 Å². The lowest BCUT2D eigenvalue weighted by Crippen LogP contribution is -2.39. The Bertz CT molecular complexity index is 358. The van der Waals surface area contributed by atoms with Crippen LogP contribution in [-0.2, 0) is 4.74 Å². The van der Waals surface area contributed by atoms with E-state index in [1.807, 2.05) is 0 Å². The van der Waals surface area contributed by atoms with Crippen molar-refractivity contribution in [1.29, 1.82) is 0 Å². The van der Waals surface area contributed by atoms with Crippen LogP contribution < -0.4 is 0 Å². The van der Waals surface area contributed by atoms with Gasteiger partial charge >= 0.3 is 5.97 Å². The molecule has 0 saturated carbocycles. The number of carbonyl (C=O) groups is 1. The van der Waals surface area contributed by atoms with Crippen LogP contribution in [-0.4, -0.2) is 47.7 Å². The summed E-state index contributed by atoms with van der Waals surface area (Å²) in [6.07, 6.45) is 0. The number of rotatable bonds is 6. The zero-order valence-corrected chi connectivity index (χ0v) is 9.55. The molecule has 0 bridgehead atoms. The summed E-state index contributed by atoms with van der Waals surface area (Å²) in [4.78, 5) is 11.5. The van der Waals surface area contributed by atoms with Crippen molar-refractivity contribution < 1.29 is 29.3 Å². The maximum atomic E-state index is 11.5. The molecule has 0 aliphatic carbocycles. The summed E-state index contributed by atoms with van der Waals surface area (Å²) >= 11 is 0. The Kier molecular flexibility index (Phi) is 4.68. The molecule has 6 nitrogen and oxygen atoms in total. The topological polar surface area (TPSA) is 100 Å². The van der Waals surface area contributed by atoms with E-state index >= 15 is 0 Å². The molecule has 1 aromatic rings. The van der Waals surface area contributed by atoms with Crippen LogP contribution >= 0.6 is 0 Å². The van der Waals surface area contributed by atoms with E-state index in [2.05, 4.69) is 0 Å². The molecular weight excluding hydrogens is 228 g/mol. The highest BCUT2D eigenvalue weighted by Crippen LogP contribution is 2.16. The van der Waals surface area contributed by atoms with Crippen molar-refractivity contribution in [2.75, 3.05) is 26.4 Å². The normalized spacial score (nSPS) is 11.5. The Hall–Kier alpha value is -1.37. The molecule has 0 aromatic carbocycles. The van der Waals surface area contributed by atoms with Gasteiger partial charge in [-0.3, -0.25) is 0 Å². The van der Waals surface area contributed by atoms with E-state index in [1.54, 1.807) is 13.0 Å². The highest BCUT2D eigenvalue weighted by molar-refractivity contribution is 5.86. The van der Waals surface area contributed by atoms with Crippen molar-refractivity contribution in [3.05, 3.63) is 23.7 Å². The average Bonchev–Trinajstić information content (AvgIpc) is 2.78. The van der Waals surface area contributed by atoms with E-state index in [1.165, 1.54) is 6.07 Å². The van der Waals surface area contributed by atoms with Crippen molar-refractivity contribution >= 4 is 5.97 Å². The second-order valence-electron chi connectivity index (χ2n) is 3.96. The third kappa shape index (κ3) is 3.29. The second kappa shape index (κ2) is 5.81. The summed E-state index contributed by atoms with van der Waals surface area (Å²) in [5.74, 6) is -0.0715. The molecule has 0 unspecified atom stereocenters. The lowest BCUT2D eigenvalue weighted by Gasteiger charge is -2.26. The van der Waals surface area contributed by atoms with Crippen LogP contribution in [0.5, 0.6) is 0 Å². The number of aliphatic hydroxyl groups excluding tert-OH is 3. The van der Waals surface area contributed by atoms with Crippen molar-refractivity contribution in [1.82, 2.24) is 0 Å². The Morgan fingerprint density at radius 3 is 2.29 bits per heavy atom. The van der Waals surface area contributed by atoms with Crippen LogP contribution in [0.4, 0.5) is 0 Å². The summed E-state index contributed by atoms with van der Waals surface area (Å²) in [6, 6.07) is 3.09. The van der Waals surface area contributed by atoms with Crippen LogP contribution in [0, 0.1) is 12.3 Å². The summed E-state index contributed by atoms with van der Waals surface area (Å²) in [6.45, 7) is -0.0370. The summed E-state index contributed by atoms with van der Waals surface area (Å²) in [7, 11) is 0. The summed E-state index contributed by atoms with van der Waals surface area (Å²) in [5, 5.41) is 27.1. The van der Waals surface area contributed by atoms with Gasteiger partial charge in [0.1, 0.15) is 12.4 Å². The molecule has 6 heteroatoms. The van der Waals surface area contributed by atoms with Gasteiger partial charge in [-0.05, 0) is 19.1 Å². The van der Waals surface area contributed by atoms with Gasteiger partial charge in [0.2, 0.25) is 5.76 Å². The zero-order chi connectivity index (χ0) is 12.9. The largest absolute Gasteiger partial charge is 0.459 e. The number of furan rings is 1. The first-order valence-corrected chi connectivity index (χ1v) is 5.13. The minimum Gasteiger partial charge on any atom is -0.459 e. The van der Waals surface area contributed by atoms with Gasteiger partial charge in [-0.2, -0.15) is 0 Å². The molecule has 1 heterocycles. The Balaban J connectivity index is 2.58. The number of ether oxygens (including phenoxy) is 1. The monoisotopic (exact) mass is 244 g/mol. The Labute approximate surface area is 98.4 Å². The molecule has 0 aliphatic heterocycles. The smallest absolute Gasteiger partial charge is 0.374 e. The summed E-state index contributed by atoms with van der Waals surface area (Å²) < 4.78 is 9.92. The van der Waals surface area contributed by atoms with Gasteiger partial charge in [-0.15, -0.1) is 0 Å². The molecule has 0 spiro atoms. The van der Waals surface area contributed by atoms with Crippen molar-refractivity contribution in [3.63, 3.8) is 0 Å². The maximum Gasteiger partial charge on any atom is 0.374 e. The third-order valence-electron chi connectivity index (χ3n) is 2.46. The van der Waals surface area contributed by atoms with Crippen molar-refractivity contribution in [2.45, 2.75) is 6.92 Å².